The fourth-order valence-corrected chi connectivity index (χ4v) is 3.63. The summed E-state index contributed by atoms with van der Waals surface area (Å²) in [4.78, 5) is 35.1. The first kappa shape index (κ1) is 24.8. The van der Waals surface area contributed by atoms with Gasteiger partial charge < -0.3 is 24.7 Å². The Morgan fingerprint density at radius 2 is 2.06 bits per heavy atom. The summed E-state index contributed by atoms with van der Waals surface area (Å²) in [6, 6.07) is 6.83. The van der Waals surface area contributed by atoms with E-state index in [2.05, 4.69) is 9.84 Å². The molecule has 1 atom stereocenters. The van der Waals surface area contributed by atoms with Gasteiger partial charge in [-0.05, 0) is 17.7 Å². The maximum atomic E-state index is 12.8. The molecule has 0 unspecified atom stereocenters. The van der Waals surface area contributed by atoms with Crippen LogP contribution in [0.5, 0.6) is 5.75 Å². The third-order valence-corrected chi connectivity index (χ3v) is 5.24. The van der Waals surface area contributed by atoms with Gasteiger partial charge >= 0.3 is 17.6 Å². The van der Waals surface area contributed by atoms with E-state index in [1.807, 2.05) is 6.07 Å². The van der Waals surface area contributed by atoms with Crippen molar-refractivity contribution >= 4 is 17.6 Å². The number of methoxy groups -OCH3 is 3. The fourth-order valence-electron chi connectivity index (χ4n) is 3.63. The van der Waals surface area contributed by atoms with Crippen molar-refractivity contribution in [2.75, 3.05) is 21.3 Å². The van der Waals surface area contributed by atoms with Crippen LogP contribution in [0.15, 0.2) is 53.4 Å². The summed E-state index contributed by atoms with van der Waals surface area (Å²) in [6.07, 6.45) is 1.95. The lowest BCUT2D eigenvalue weighted by atomic mass is 9.82. The van der Waals surface area contributed by atoms with Crippen LogP contribution in [0, 0.1) is 21.4 Å². The number of benzene rings is 1. The quantitative estimate of drug-likeness (QED) is 0.327. The molecular formula is C22H21N5O8. The lowest BCUT2D eigenvalue weighted by Crippen LogP contribution is -2.27. The van der Waals surface area contributed by atoms with Crippen molar-refractivity contribution in [2.45, 2.75) is 18.9 Å². The summed E-state index contributed by atoms with van der Waals surface area (Å²) >= 11 is 0. The number of carbonyl (C=O) groups is 2. The second-order valence-electron chi connectivity index (χ2n) is 7.23. The van der Waals surface area contributed by atoms with E-state index in [0.29, 0.717) is 16.9 Å². The van der Waals surface area contributed by atoms with Gasteiger partial charge in [-0.3, -0.25) is 19.6 Å². The van der Waals surface area contributed by atoms with Crippen molar-refractivity contribution in [3.63, 3.8) is 0 Å². The minimum atomic E-state index is -1.03. The number of allylic oxidation sites excluding steroid dienone is 1. The zero-order chi connectivity index (χ0) is 25.7. The summed E-state index contributed by atoms with van der Waals surface area (Å²) in [5.74, 6) is -2.49. The highest BCUT2D eigenvalue weighted by Gasteiger charge is 2.38. The highest BCUT2D eigenvalue weighted by atomic mass is 16.6. The molecule has 1 aromatic heterocycles. The molecule has 35 heavy (non-hydrogen) atoms. The minimum Gasteiger partial charge on any atom is -0.496 e. The van der Waals surface area contributed by atoms with E-state index in [0.717, 1.165) is 13.3 Å². The topological polar surface area (TPSA) is 182 Å². The van der Waals surface area contributed by atoms with E-state index in [1.54, 1.807) is 18.2 Å². The van der Waals surface area contributed by atoms with Gasteiger partial charge in [0.1, 0.15) is 42.0 Å². The summed E-state index contributed by atoms with van der Waals surface area (Å²) in [5, 5.41) is 24.8. The standard InChI is InChI=1S/C22H21N5O8/c1-32-16-5-4-12(6-13(16)10-26-11-14(9-25-26)27(30)31)19-15(8-23)21(24)35-17(7-18(28)33-2)20(19)22(29)34-3/h4-6,9,11,19H,7,10,24H2,1-3H3/t19-/m0/s1. The first-order valence-electron chi connectivity index (χ1n) is 10.0. The number of nitro groups is 1. The van der Waals surface area contributed by atoms with Crippen LogP contribution in [0.4, 0.5) is 5.69 Å². The fraction of sp³-hybridized carbons (Fsp3) is 0.273. The first-order valence-corrected chi connectivity index (χ1v) is 10.0. The lowest BCUT2D eigenvalue weighted by molar-refractivity contribution is -0.385. The van der Waals surface area contributed by atoms with Gasteiger partial charge in [0.15, 0.2) is 0 Å². The Balaban J connectivity index is 2.15. The maximum Gasteiger partial charge on any atom is 0.338 e. The number of aromatic nitrogens is 2. The number of nitriles is 1. The Bertz CT molecular complexity index is 1290. The molecule has 0 saturated heterocycles. The van der Waals surface area contributed by atoms with Gasteiger partial charge in [-0.2, -0.15) is 10.4 Å². The maximum absolute atomic E-state index is 12.8. The van der Waals surface area contributed by atoms with Crippen molar-refractivity contribution in [1.82, 2.24) is 9.78 Å². The molecule has 0 amide bonds. The molecule has 0 radical (unpaired) electrons. The number of nitrogens with zero attached hydrogens (tertiary/aromatic N) is 4. The van der Waals surface area contributed by atoms with Crippen molar-refractivity contribution in [3.8, 4) is 11.8 Å². The summed E-state index contributed by atoms with van der Waals surface area (Å²) < 4.78 is 21.8. The Morgan fingerprint density at radius 3 is 2.63 bits per heavy atom. The average molecular weight is 483 g/mol. The molecule has 0 spiro atoms. The third-order valence-electron chi connectivity index (χ3n) is 5.24. The molecular weight excluding hydrogens is 462 g/mol. The molecule has 1 aliphatic rings. The van der Waals surface area contributed by atoms with Crippen molar-refractivity contribution in [2.24, 2.45) is 5.73 Å². The van der Waals surface area contributed by atoms with E-state index >= 15 is 0 Å². The second-order valence-corrected chi connectivity index (χ2v) is 7.23. The van der Waals surface area contributed by atoms with Gasteiger partial charge in [-0.1, -0.05) is 6.07 Å². The number of ether oxygens (including phenoxy) is 4. The first-order chi connectivity index (χ1) is 16.7. The minimum absolute atomic E-state index is 0.0649. The summed E-state index contributed by atoms with van der Waals surface area (Å²) in [6.45, 7) is 0.0848. The highest BCUT2D eigenvalue weighted by molar-refractivity contribution is 5.93. The molecule has 0 bridgehead atoms. The number of esters is 2. The average Bonchev–Trinajstić information content (AvgIpc) is 3.32. The zero-order valence-electron chi connectivity index (χ0n) is 19.0. The largest absolute Gasteiger partial charge is 0.496 e. The molecule has 182 valence electrons. The van der Waals surface area contributed by atoms with E-state index in [9.17, 15) is 25.0 Å². The smallest absolute Gasteiger partial charge is 0.338 e. The van der Waals surface area contributed by atoms with E-state index in [-0.39, 0.29) is 35.0 Å². The Hall–Kier alpha value is -4.86. The number of hydrogen-bond acceptors (Lipinski definition) is 11. The predicted molar refractivity (Wildman–Crippen MR) is 117 cm³/mol. The highest BCUT2D eigenvalue weighted by Crippen LogP contribution is 2.41. The number of hydrogen-bond donors (Lipinski definition) is 1. The SMILES string of the molecule is COC(=O)CC1=C(C(=O)OC)[C@@H](c2ccc(OC)c(Cn3cc([N+](=O)[O-])cn3)c2)C(C#N)=C(N)O1. The molecule has 1 aromatic carbocycles. The molecule has 1 aliphatic heterocycles. The van der Waals surface area contributed by atoms with E-state index in [1.165, 1.54) is 25.1 Å². The number of rotatable bonds is 8. The zero-order valence-corrected chi connectivity index (χ0v) is 19.0. The van der Waals surface area contributed by atoms with Crippen molar-refractivity contribution in [1.29, 1.82) is 5.26 Å². The van der Waals surface area contributed by atoms with Crippen molar-refractivity contribution in [3.05, 3.63) is 74.6 Å². The van der Waals surface area contributed by atoms with E-state index in [4.69, 9.17) is 19.9 Å². The van der Waals surface area contributed by atoms with Gasteiger partial charge in [0, 0.05) is 5.56 Å². The van der Waals surface area contributed by atoms with E-state index < -0.39 is 29.2 Å². The van der Waals surface area contributed by atoms with Gasteiger partial charge in [-0.25, -0.2) is 4.79 Å². The normalized spacial score (nSPS) is 15.2. The molecule has 13 nitrogen and oxygen atoms in total. The van der Waals surface area contributed by atoms with Crippen LogP contribution in [0.1, 0.15) is 23.5 Å². The molecule has 2 aromatic rings. The third kappa shape index (κ3) is 5.06. The lowest BCUT2D eigenvalue weighted by Gasteiger charge is -2.28. The van der Waals surface area contributed by atoms with Gasteiger partial charge in [0.2, 0.25) is 5.88 Å². The Morgan fingerprint density at radius 1 is 1.31 bits per heavy atom. The Labute approximate surface area is 199 Å². The van der Waals surface area contributed by atoms with Gasteiger partial charge in [0.05, 0.1) is 44.3 Å². The predicted octanol–water partition coefficient (Wildman–Crippen LogP) is 1.65. The molecule has 0 saturated carbocycles. The van der Waals surface area contributed by atoms with Crippen molar-refractivity contribution < 1.29 is 33.5 Å². The molecule has 0 fully saturated rings. The summed E-state index contributed by atoms with van der Waals surface area (Å²) in [5.41, 5.74) is 6.62. The molecule has 13 heteroatoms. The van der Waals surface area contributed by atoms with Crippen LogP contribution in [-0.4, -0.2) is 48.0 Å². The molecule has 3 rings (SSSR count). The second kappa shape index (κ2) is 10.4. The molecule has 2 heterocycles. The Kier molecular flexibility index (Phi) is 7.35. The van der Waals surface area contributed by atoms with Crippen LogP contribution >= 0.6 is 0 Å². The monoisotopic (exact) mass is 483 g/mol. The van der Waals surface area contributed by atoms with Crippen LogP contribution in [0.25, 0.3) is 0 Å². The van der Waals surface area contributed by atoms with Gasteiger partial charge in [0.25, 0.3) is 0 Å². The summed E-state index contributed by atoms with van der Waals surface area (Å²) in [7, 11) is 3.78. The number of carbonyl (C=O) groups excluding carboxylic acids is 2. The number of nitrogens with two attached hydrogens (primary N) is 1. The van der Waals surface area contributed by atoms with Crippen LogP contribution in [0.3, 0.4) is 0 Å². The molecule has 0 aliphatic carbocycles. The molecule has 2 N–H and O–H groups in total. The van der Waals surface area contributed by atoms with Crippen LogP contribution in [0.2, 0.25) is 0 Å². The van der Waals surface area contributed by atoms with Crippen LogP contribution < -0.4 is 10.5 Å². The van der Waals surface area contributed by atoms with Gasteiger partial charge in [-0.15, -0.1) is 0 Å². The van der Waals surface area contributed by atoms with Crippen LogP contribution in [-0.2, 0) is 30.3 Å².